The molecule has 0 saturated carbocycles. The first-order valence-corrected chi connectivity index (χ1v) is 9.20. The first-order valence-electron chi connectivity index (χ1n) is 9.20. The topological polar surface area (TPSA) is 93.5 Å². The van der Waals surface area contributed by atoms with Gasteiger partial charge in [-0.3, -0.25) is 14.3 Å². The van der Waals surface area contributed by atoms with E-state index in [0.29, 0.717) is 35.6 Å². The van der Waals surface area contributed by atoms with Gasteiger partial charge in [0.15, 0.2) is 6.10 Å². The Bertz CT molecular complexity index is 934. The fourth-order valence-corrected chi connectivity index (χ4v) is 3.18. The highest BCUT2D eigenvalue weighted by Crippen LogP contribution is 2.23. The molecule has 8 heteroatoms. The Kier molecular flexibility index (Phi) is 5.48. The number of ether oxygens (including phenoxy) is 1. The summed E-state index contributed by atoms with van der Waals surface area (Å²) in [6.45, 7) is 5.80. The number of rotatable bonds is 5. The van der Waals surface area contributed by atoms with Gasteiger partial charge in [0.25, 0.3) is 5.91 Å². The van der Waals surface area contributed by atoms with E-state index in [1.807, 2.05) is 6.92 Å². The molecule has 1 aromatic heterocycles. The molecule has 1 saturated heterocycles. The van der Waals surface area contributed by atoms with Crippen LogP contribution >= 0.6 is 0 Å². The standard InChI is InChI=1S/C20H24N4O4/c1-12-18(13(2)23(4)22-12)21-19(26)14(3)28-20(27)15-7-5-8-16(11-15)24-10-6-9-17(24)25/h5,7-8,11,14H,6,9-10H2,1-4H3,(H,21,26)/t14-/m0/s1. The lowest BCUT2D eigenvalue weighted by atomic mass is 10.2. The number of amides is 2. The number of anilines is 2. The molecule has 3 rings (SSSR count). The number of benzene rings is 1. The number of hydrogen-bond donors (Lipinski definition) is 1. The zero-order chi connectivity index (χ0) is 20.4. The molecule has 8 nitrogen and oxygen atoms in total. The van der Waals surface area contributed by atoms with E-state index in [1.165, 1.54) is 6.92 Å². The van der Waals surface area contributed by atoms with Crippen LogP contribution in [0.3, 0.4) is 0 Å². The van der Waals surface area contributed by atoms with E-state index in [9.17, 15) is 14.4 Å². The summed E-state index contributed by atoms with van der Waals surface area (Å²) >= 11 is 0. The Morgan fingerprint density at radius 3 is 2.64 bits per heavy atom. The molecular weight excluding hydrogens is 360 g/mol. The molecule has 1 aliphatic rings. The van der Waals surface area contributed by atoms with Crippen LogP contribution in [0, 0.1) is 13.8 Å². The van der Waals surface area contributed by atoms with Crippen LogP contribution < -0.4 is 10.2 Å². The Hall–Kier alpha value is -3.16. The molecule has 1 fully saturated rings. The fourth-order valence-electron chi connectivity index (χ4n) is 3.18. The van der Waals surface area contributed by atoms with E-state index >= 15 is 0 Å². The number of aromatic nitrogens is 2. The van der Waals surface area contributed by atoms with Gasteiger partial charge < -0.3 is 15.0 Å². The molecule has 1 aliphatic heterocycles. The number of esters is 1. The fraction of sp³-hybridized carbons (Fsp3) is 0.400. The number of aryl methyl sites for hydroxylation is 2. The highest BCUT2D eigenvalue weighted by Gasteiger charge is 2.24. The van der Waals surface area contributed by atoms with Crippen LogP contribution in [-0.2, 0) is 21.4 Å². The molecule has 2 amide bonds. The summed E-state index contributed by atoms with van der Waals surface area (Å²) in [4.78, 5) is 38.5. The number of carbonyl (C=O) groups is 3. The van der Waals surface area contributed by atoms with E-state index < -0.39 is 18.0 Å². The smallest absolute Gasteiger partial charge is 0.338 e. The van der Waals surface area contributed by atoms with E-state index in [4.69, 9.17) is 4.74 Å². The van der Waals surface area contributed by atoms with Crippen molar-refractivity contribution in [1.82, 2.24) is 9.78 Å². The van der Waals surface area contributed by atoms with E-state index in [0.717, 1.165) is 12.1 Å². The highest BCUT2D eigenvalue weighted by molar-refractivity contribution is 5.99. The maximum atomic E-state index is 12.5. The monoisotopic (exact) mass is 384 g/mol. The van der Waals surface area contributed by atoms with Crippen LogP contribution in [0.2, 0.25) is 0 Å². The van der Waals surface area contributed by atoms with Crippen molar-refractivity contribution in [3.05, 3.63) is 41.2 Å². The van der Waals surface area contributed by atoms with Gasteiger partial charge in [-0.2, -0.15) is 5.10 Å². The van der Waals surface area contributed by atoms with Crippen molar-refractivity contribution < 1.29 is 19.1 Å². The summed E-state index contributed by atoms with van der Waals surface area (Å²) in [6, 6.07) is 6.70. The van der Waals surface area contributed by atoms with Gasteiger partial charge in [-0.05, 0) is 45.4 Å². The second-order valence-corrected chi connectivity index (χ2v) is 6.91. The summed E-state index contributed by atoms with van der Waals surface area (Å²) in [6.07, 6.45) is 0.334. The van der Waals surface area contributed by atoms with Gasteiger partial charge in [0.2, 0.25) is 5.91 Å². The molecule has 0 radical (unpaired) electrons. The molecular formula is C20H24N4O4. The van der Waals surface area contributed by atoms with Crippen molar-refractivity contribution in [2.24, 2.45) is 7.05 Å². The third-order valence-electron chi connectivity index (χ3n) is 4.88. The van der Waals surface area contributed by atoms with Gasteiger partial charge in [-0.25, -0.2) is 4.79 Å². The van der Waals surface area contributed by atoms with Crippen LogP contribution in [-0.4, -0.2) is 40.2 Å². The number of carbonyl (C=O) groups excluding carboxylic acids is 3. The van der Waals surface area contributed by atoms with Gasteiger partial charge >= 0.3 is 5.97 Å². The van der Waals surface area contributed by atoms with Gasteiger partial charge in [0, 0.05) is 25.7 Å². The SMILES string of the molecule is Cc1nn(C)c(C)c1NC(=O)[C@H](C)OC(=O)c1cccc(N2CCCC2=O)c1. The lowest BCUT2D eigenvalue weighted by molar-refractivity contribution is -0.123. The summed E-state index contributed by atoms with van der Waals surface area (Å²) in [7, 11) is 1.79. The highest BCUT2D eigenvalue weighted by atomic mass is 16.5. The molecule has 2 aromatic rings. The van der Waals surface area contributed by atoms with Crippen molar-refractivity contribution in [2.75, 3.05) is 16.8 Å². The Morgan fingerprint density at radius 2 is 2.04 bits per heavy atom. The first-order chi connectivity index (χ1) is 13.3. The van der Waals surface area contributed by atoms with Gasteiger partial charge in [0.1, 0.15) is 0 Å². The maximum Gasteiger partial charge on any atom is 0.338 e. The van der Waals surface area contributed by atoms with Crippen molar-refractivity contribution in [2.45, 2.75) is 39.7 Å². The second-order valence-electron chi connectivity index (χ2n) is 6.91. The molecule has 28 heavy (non-hydrogen) atoms. The van der Waals surface area contributed by atoms with Crippen LogP contribution in [0.25, 0.3) is 0 Å². The Morgan fingerprint density at radius 1 is 1.29 bits per heavy atom. The average molecular weight is 384 g/mol. The minimum Gasteiger partial charge on any atom is -0.449 e. The van der Waals surface area contributed by atoms with Gasteiger partial charge in [0.05, 0.1) is 22.6 Å². The predicted octanol–water partition coefficient (Wildman–Crippen LogP) is 2.35. The normalized spacial score (nSPS) is 14.9. The lowest BCUT2D eigenvalue weighted by Gasteiger charge is -2.17. The second kappa shape index (κ2) is 7.84. The van der Waals surface area contributed by atoms with Crippen LogP contribution in [0.1, 0.15) is 41.5 Å². The average Bonchev–Trinajstić information content (AvgIpc) is 3.20. The predicted molar refractivity (Wildman–Crippen MR) is 104 cm³/mol. The van der Waals surface area contributed by atoms with Crippen molar-refractivity contribution in [3.8, 4) is 0 Å². The van der Waals surface area contributed by atoms with Crippen LogP contribution in [0.4, 0.5) is 11.4 Å². The summed E-state index contributed by atoms with van der Waals surface area (Å²) in [5, 5.41) is 7.01. The molecule has 2 heterocycles. The molecule has 0 aliphatic carbocycles. The summed E-state index contributed by atoms with van der Waals surface area (Å²) < 4.78 is 6.99. The largest absolute Gasteiger partial charge is 0.449 e. The minimum absolute atomic E-state index is 0.0421. The van der Waals surface area contributed by atoms with E-state index in [1.54, 1.807) is 47.8 Å². The number of nitrogens with one attached hydrogen (secondary N) is 1. The van der Waals surface area contributed by atoms with Gasteiger partial charge in [-0.15, -0.1) is 0 Å². The number of nitrogens with zero attached hydrogens (tertiary/aromatic N) is 3. The number of hydrogen-bond acceptors (Lipinski definition) is 5. The molecule has 0 unspecified atom stereocenters. The first kappa shape index (κ1) is 19.6. The van der Waals surface area contributed by atoms with Crippen molar-refractivity contribution in [1.29, 1.82) is 0 Å². The van der Waals surface area contributed by atoms with Gasteiger partial charge in [-0.1, -0.05) is 6.07 Å². The molecule has 1 N–H and O–H groups in total. The quantitative estimate of drug-likeness (QED) is 0.799. The lowest BCUT2D eigenvalue weighted by Crippen LogP contribution is -2.30. The Balaban J connectivity index is 1.67. The molecule has 1 aromatic carbocycles. The summed E-state index contributed by atoms with van der Waals surface area (Å²) in [5.41, 5.74) is 3.08. The van der Waals surface area contributed by atoms with Crippen LogP contribution in [0.5, 0.6) is 0 Å². The maximum absolute atomic E-state index is 12.5. The van der Waals surface area contributed by atoms with Crippen molar-refractivity contribution in [3.63, 3.8) is 0 Å². The summed E-state index contributed by atoms with van der Waals surface area (Å²) in [5.74, 6) is -1.00. The third-order valence-corrected chi connectivity index (χ3v) is 4.88. The minimum atomic E-state index is -0.983. The van der Waals surface area contributed by atoms with E-state index in [2.05, 4.69) is 10.4 Å². The van der Waals surface area contributed by atoms with Crippen molar-refractivity contribution >= 4 is 29.2 Å². The zero-order valence-corrected chi connectivity index (χ0v) is 16.5. The Labute approximate surface area is 163 Å². The van der Waals surface area contributed by atoms with E-state index in [-0.39, 0.29) is 5.91 Å². The molecule has 0 bridgehead atoms. The molecule has 0 spiro atoms. The zero-order valence-electron chi connectivity index (χ0n) is 16.5. The molecule has 1 atom stereocenters. The van der Waals surface area contributed by atoms with Crippen LogP contribution in [0.15, 0.2) is 24.3 Å². The molecule has 148 valence electrons. The third kappa shape index (κ3) is 3.90.